The Morgan fingerprint density at radius 3 is 2.11 bits per heavy atom. The van der Waals surface area contributed by atoms with Crippen LogP contribution in [0.2, 0.25) is 0 Å². The Morgan fingerprint density at radius 1 is 0.826 bits per heavy atom. The number of methoxy groups -OCH3 is 1. The number of anilines is 1. The minimum absolute atomic E-state index is 0.0396. The number of aryl methyl sites for hydroxylation is 2. The molecule has 0 bridgehead atoms. The standard InChI is InChI=1S/C37H43N3O5S/c1-27(2)24-38-37(42)34(23-30-14-7-6-8-15-30)39(25-31-16-10-9-13-29(31)4)36(41)26-40(33-17-11-12-18-35(33)45-5)46(43,44)32-21-19-28(3)20-22-32/h6-22,27,34H,23-26H2,1-5H3,(H,38,42). The number of hydrogen-bond acceptors (Lipinski definition) is 5. The van der Waals surface area contributed by atoms with Crippen LogP contribution in [0.1, 0.15) is 36.1 Å². The van der Waals surface area contributed by atoms with Crippen LogP contribution in [-0.2, 0) is 32.6 Å². The molecule has 0 radical (unpaired) electrons. The van der Waals surface area contributed by atoms with Crippen molar-refractivity contribution in [1.82, 2.24) is 10.2 Å². The molecule has 4 aromatic rings. The number of nitrogens with zero attached hydrogens (tertiary/aromatic N) is 2. The molecule has 0 heterocycles. The first-order valence-corrected chi connectivity index (χ1v) is 16.8. The number of benzene rings is 4. The summed E-state index contributed by atoms with van der Waals surface area (Å²) in [6.07, 6.45) is 0.252. The van der Waals surface area contributed by atoms with Crippen molar-refractivity contribution in [3.05, 3.63) is 125 Å². The van der Waals surface area contributed by atoms with Crippen LogP contribution in [-0.4, -0.2) is 51.4 Å². The molecule has 4 rings (SSSR count). The van der Waals surface area contributed by atoms with E-state index in [0.717, 1.165) is 26.6 Å². The van der Waals surface area contributed by atoms with Crippen molar-refractivity contribution in [3.63, 3.8) is 0 Å². The summed E-state index contributed by atoms with van der Waals surface area (Å²) in [5.74, 6) is -0.329. The van der Waals surface area contributed by atoms with E-state index in [9.17, 15) is 18.0 Å². The third kappa shape index (κ3) is 8.54. The summed E-state index contributed by atoms with van der Waals surface area (Å²) in [4.78, 5) is 30.1. The third-order valence-electron chi connectivity index (χ3n) is 7.80. The van der Waals surface area contributed by atoms with E-state index in [1.165, 1.54) is 24.1 Å². The van der Waals surface area contributed by atoms with E-state index in [1.54, 1.807) is 36.4 Å². The first kappa shape index (κ1) is 34.2. The zero-order chi connectivity index (χ0) is 33.3. The molecule has 4 aromatic carbocycles. The zero-order valence-corrected chi connectivity index (χ0v) is 28.0. The Balaban J connectivity index is 1.83. The lowest BCUT2D eigenvalue weighted by Crippen LogP contribution is -2.53. The SMILES string of the molecule is COc1ccccc1N(CC(=O)N(Cc1ccccc1C)C(Cc1ccccc1)C(=O)NCC(C)C)S(=O)(=O)c1ccc(C)cc1. The fourth-order valence-electron chi connectivity index (χ4n) is 5.13. The molecule has 8 nitrogen and oxygen atoms in total. The molecule has 0 fully saturated rings. The van der Waals surface area contributed by atoms with Gasteiger partial charge in [0.25, 0.3) is 10.0 Å². The van der Waals surface area contributed by atoms with Gasteiger partial charge in [-0.1, -0.05) is 98.3 Å². The van der Waals surface area contributed by atoms with Gasteiger partial charge in [-0.3, -0.25) is 13.9 Å². The van der Waals surface area contributed by atoms with Crippen LogP contribution >= 0.6 is 0 Å². The molecule has 1 N–H and O–H groups in total. The van der Waals surface area contributed by atoms with Crippen molar-refractivity contribution in [2.24, 2.45) is 5.92 Å². The van der Waals surface area contributed by atoms with Gasteiger partial charge >= 0.3 is 0 Å². The molecule has 242 valence electrons. The van der Waals surface area contributed by atoms with E-state index in [4.69, 9.17) is 4.74 Å². The number of amides is 2. The molecule has 46 heavy (non-hydrogen) atoms. The van der Waals surface area contributed by atoms with Gasteiger partial charge < -0.3 is 15.0 Å². The first-order chi connectivity index (χ1) is 22.0. The van der Waals surface area contributed by atoms with Crippen molar-refractivity contribution < 1.29 is 22.7 Å². The molecule has 9 heteroatoms. The van der Waals surface area contributed by atoms with Gasteiger partial charge in [-0.15, -0.1) is 0 Å². The van der Waals surface area contributed by atoms with Gasteiger partial charge in [0, 0.05) is 19.5 Å². The van der Waals surface area contributed by atoms with E-state index in [2.05, 4.69) is 5.32 Å². The molecule has 0 spiro atoms. The first-order valence-electron chi connectivity index (χ1n) is 15.4. The highest BCUT2D eigenvalue weighted by Gasteiger charge is 2.35. The van der Waals surface area contributed by atoms with Gasteiger partial charge in [-0.2, -0.15) is 0 Å². The summed E-state index contributed by atoms with van der Waals surface area (Å²) in [6.45, 7) is 7.83. The molecule has 0 saturated carbocycles. The lowest BCUT2D eigenvalue weighted by Gasteiger charge is -2.34. The summed E-state index contributed by atoms with van der Waals surface area (Å²) >= 11 is 0. The van der Waals surface area contributed by atoms with Crippen molar-refractivity contribution in [2.45, 2.75) is 51.6 Å². The van der Waals surface area contributed by atoms with Crippen LogP contribution < -0.4 is 14.4 Å². The second kappa shape index (κ2) is 15.6. The van der Waals surface area contributed by atoms with Gasteiger partial charge in [-0.25, -0.2) is 8.42 Å². The normalized spacial score (nSPS) is 12.0. The Bertz CT molecular complexity index is 1720. The maximum atomic E-state index is 14.6. The Kier molecular flexibility index (Phi) is 11.6. The predicted molar refractivity (Wildman–Crippen MR) is 182 cm³/mol. The number of rotatable bonds is 14. The van der Waals surface area contributed by atoms with Crippen molar-refractivity contribution in [1.29, 1.82) is 0 Å². The summed E-state index contributed by atoms with van der Waals surface area (Å²) in [7, 11) is -2.78. The van der Waals surface area contributed by atoms with Gasteiger partial charge in [0.15, 0.2) is 0 Å². The fourth-order valence-corrected chi connectivity index (χ4v) is 6.56. The summed E-state index contributed by atoms with van der Waals surface area (Å²) < 4.78 is 35.2. The average Bonchev–Trinajstić information content (AvgIpc) is 3.05. The summed E-state index contributed by atoms with van der Waals surface area (Å²) in [6, 6.07) is 29.5. The van der Waals surface area contributed by atoms with Crippen LogP contribution in [0, 0.1) is 19.8 Å². The number of para-hydroxylation sites is 2. The van der Waals surface area contributed by atoms with Crippen LogP contribution in [0.15, 0.2) is 108 Å². The number of nitrogens with one attached hydrogen (secondary N) is 1. The van der Waals surface area contributed by atoms with E-state index in [-0.39, 0.29) is 35.4 Å². The highest BCUT2D eigenvalue weighted by molar-refractivity contribution is 7.92. The number of carbonyl (C=O) groups is 2. The number of carbonyl (C=O) groups excluding carboxylic acids is 2. The lowest BCUT2D eigenvalue weighted by atomic mass is 10.0. The highest BCUT2D eigenvalue weighted by Crippen LogP contribution is 2.33. The van der Waals surface area contributed by atoms with Crippen LogP contribution in [0.4, 0.5) is 5.69 Å². The van der Waals surface area contributed by atoms with E-state index < -0.39 is 28.5 Å². The molecule has 1 unspecified atom stereocenters. The fraction of sp³-hybridized carbons (Fsp3) is 0.297. The second-order valence-corrected chi connectivity index (χ2v) is 13.7. The Hall–Kier alpha value is -4.63. The predicted octanol–water partition coefficient (Wildman–Crippen LogP) is 5.92. The number of ether oxygens (including phenoxy) is 1. The molecular weight excluding hydrogens is 598 g/mol. The Labute approximate surface area is 273 Å². The molecular formula is C37H43N3O5S. The highest BCUT2D eigenvalue weighted by atomic mass is 32.2. The van der Waals surface area contributed by atoms with Gasteiger partial charge in [0.05, 0.1) is 17.7 Å². The molecule has 0 aliphatic carbocycles. The summed E-state index contributed by atoms with van der Waals surface area (Å²) in [5, 5.41) is 3.02. The molecule has 0 aliphatic heterocycles. The van der Waals surface area contributed by atoms with Crippen LogP contribution in [0.3, 0.4) is 0 Å². The van der Waals surface area contributed by atoms with Crippen LogP contribution in [0.25, 0.3) is 0 Å². The second-order valence-electron chi connectivity index (χ2n) is 11.8. The summed E-state index contributed by atoms with van der Waals surface area (Å²) in [5.41, 5.74) is 3.81. The largest absolute Gasteiger partial charge is 0.495 e. The molecule has 0 aromatic heterocycles. The van der Waals surface area contributed by atoms with E-state index in [1.807, 2.05) is 82.3 Å². The average molecular weight is 642 g/mol. The quantitative estimate of drug-likeness (QED) is 0.185. The van der Waals surface area contributed by atoms with Crippen molar-refractivity contribution >= 4 is 27.5 Å². The van der Waals surface area contributed by atoms with Gasteiger partial charge in [0.2, 0.25) is 11.8 Å². The third-order valence-corrected chi connectivity index (χ3v) is 9.57. The van der Waals surface area contributed by atoms with E-state index >= 15 is 0 Å². The number of hydrogen-bond donors (Lipinski definition) is 1. The monoisotopic (exact) mass is 641 g/mol. The minimum Gasteiger partial charge on any atom is -0.495 e. The minimum atomic E-state index is -4.23. The van der Waals surface area contributed by atoms with Gasteiger partial charge in [-0.05, 0) is 60.7 Å². The van der Waals surface area contributed by atoms with Crippen LogP contribution in [0.5, 0.6) is 5.75 Å². The van der Waals surface area contributed by atoms with E-state index in [0.29, 0.717) is 12.3 Å². The van der Waals surface area contributed by atoms with Gasteiger partial charge in [0.1, 0.15) is 18.3 Å². The maximum absolute atomic E-state index is 14.6. The lowest BCUT2D eigenvalue weighted by molar-refractivity contribution is -0.140. The zero-order valence-electron chi connectivity index (χ0n) is 27.1. The molecule has 0 aliphatic rings. The molecule has 2 amide bonds. The van der Waals surface area contributed by atoms with Crippen molar-refractivity contribution in [3.8, 4) is 5.75 Å². The molecule has 1 atom stereocenters. The Morgan fingerprint density at radius 2 is 1.46 bits per heavy atom. The topological polar surface area (TPSA) is 96.0 Å². The number of sulfonamides is 1. The smallest absolute Gasteiger partial charge is 0.264 e. The maximum Gasteiger partial charge on any atom is 0.264 e. The molecule has 0 saturated heterocycles. The van der Waals surface area contributed by atoms with Crippen molar-refractivity contribution in [2.75, 3.05) is 24.5 Å².